The fourth-order valence-corrected chi connectivity index (χ4v) is 3.23. The van der Waals surface area contributed by atoms with E-state index in [1.807, 2.05) is 29.7 Å². The van der Waals surface area contributed by atoms with E-state index in [2.05, 4.69) is 4.98 Å². The summed E-state index contributed by atoms with van der Waals surface area (Å²) in [6.07, 6.45) is 2.49. The summed E-state index contributed by atoms with van der Waals surface area (Å²) in [5, 5.41) is 0.326. The summed E-state index contributed by atoms with van der Waals surface area (Å²) in [6, 6.07) is 10.3. The minimum absolute atomic E-state index is 0.291. The zero-order valence-corrected chi connectivity index (χ0v) is 14.4. The lowest BCUT2D eigenvalue weighted by molar-refractivity contribution is 0.171. The van der Waals surface area contributed by atoms with Gasteiger partial charge in [0, 0.05) is 18.0 Å². The number of aromatic nitrogens is 2. The maximum atomic E-state index is 14.4. The molecule has 0 fully saturated rings. The molecule has 4 nitrogen and oxygen atoms in total. The third-order valence-electron chi connectivity index (χ3n) is 4.17. The van der Waals surface area contributed by atoms with Crippen LogP contribution in [-0.4, -0.2) is 22.8 Å². The lowest BCUT2D eigenvalue weighted by Gasteiger charge is -2.20. The molecule has 0 amide bonds. The van der Waals surface area contributed by atoms with Crippen LogP contribution in [0.5, 0.6) is 11.5 Å². The smallest absolute Gasteiger partial charge is 0.163 e. The van der Waals surface area contributed by atoms with E-state index in [9.17, 15) is 4.39 Å². The Hall–Kier alpha value is -2.53. The maximum absolute atomic E-state index is 14.4. The van der Waals surface area contributed by atoms with Crippen molar-refractivity contribution in [2.45, 2.75) is 13.3 Å². The average Bonchev–Trinajstić information content (AvgIpc) is 3.05. The summed E-state index contributed by atoms with van der Waals surface area (Å²) in [7, 11) is 0. The van der Waals surface area contributed by atoms with E-state index in [-0.39, 0.29) is 0 Å². The van der Waals surface area contributed by atoms with Gasteiger partial charge < -0.3 is 9.47 Å². The van der Waals surface area contributed by atoms with E-state index in [0.29, 0.717) is 41.1 Å². The topological polar surface area (TPSA) is 36.3 Å². The van der Waals surface area contributed by atoms with Crippen LogP contribution in [0.1, 0.15) is 12.6 Å². The average molecular weight is 359 g/mol. The van der Waals surface area contributed by atoms with E-state index >= 15 is 0 Å². The Morgan fingerprint density at radius 3 is 2.72 bits per heavy atom. The molecular weight excluding hydrogens is 343 g/mol. The molecule has 0 radical (unpaired) electrons. The Morgan fingerprint density at radius 1 is 1.16 bits per heavy atom. The van der Waals surface area contributed by atoms with Crippen molar-refractivity contribution in [3.05, 3.63) is 59.1 Å². The molecule has 1 aliphatic heterocycles. The van der Waals surface area contributed by atoms with Gasteiger partial charge in [-0.15, -0.1) is 0 Å². The van der Waals surface area contributed by atoms with E-state index in [1.165, 1.54) is 6.07 Å². The van der Waals surface area contributed by atoms with Crippen LogP contribution in [0.2, 0.25) is 5.02 Å². The van der Waals surface area contributed by atoms with E-state index in [4.69, 9.17) is 21.1 Å². The number of aryl methyl sites for hydroxylation is 1. The Labute approximate surface area is 149 Å². The Balaban J connectivity index is 1.92. The minimum atomic E-state index is -0.403. The number of hydrogen-bond acceptors (Lipinski definition) is 3. The standard InChI is InChI=1S/C19H16ClFN2O2/c1-2-12-11-22-19(18-14(20)4-3-5-15(18)21)23(12)13-6-7-16-17(10-13)25-9-8-24-16/h3-7,10-11H,2,8-9H2,1H3. The zero-order valence-electron chi connectivity index (χ0n) is 13.6. The third-order valence-corrected chi connectivity index (χ3v) is 4.48. The van der Waals surface area contributed by atoms with Crippen molar-refractivity contribution in [3.63, 3.8) is 0 Å². The first kappa shape index (κ1) is 16.0. The molecule has 0 atom stereocenters. The minimum Gasteiger partial charge on any atom is -0.486 e. The van der Waals surface area contributed by atoms with Crippen LogP contribution in [0.15, 0.2) is 42.6 Å². The quantitative estimate of drug-likeness (QED) is 0.683. The first-order valence-corrected chi connectivity index (χ1v) is 8.48. The number of nitrogens with zero attached hydrogens (tertiary/aromatic N) is 2. The molecule has 0 spiro atoms. The molecule has 0 saturated carbocycles. The first-order chi connectivity index (χ1) is 12.2. The number of imidazole rings is 1. The van der Waals surface area contributed by atoms with Crippen LogP contribution >= 0.6 is 11.6 Å². The number of ether oxygens (including phenoxy) is 2. The normalized spacial score (nSPS) is 13.1. The molecule has 0 bridgehead atoms. The van der Waals surface area contributed by atoms with E-state index in [1.54, 1.807) is 18.3 Å². The van der Waals surface area contributed by atoms with Gasteiger partial charge >= 0.3 is 0 Å². The van der Waals surface area contributed by atoms with Gasteiger partial charge in [0.15, 0.2) is 11.5 Å². The molecule has 2 heterocycles. The van der Waals surface area contributed by atoms with Crippen LogP contribution in [0.25, 0.3) is 17.1 Å². The van der Waals surface area contributed by atoms with Crippen molar-refractivity contribution in [2.24, 2.45) is 0 Å². The predicted octanol–water partition coefficient (Wildman–Crippen LogP) is 4.67. The third kappa shape index (κ3) is 2.74. The van der Waals surface area contributed by atoms with Crippen LogP contribution < -0.4 is 9.47 Å². The van der Waals surface area contributed by atoms with Gasteiger partial charge in [0.25, 0.3) is 0 Å². The van der Waals surface area contributed by atoms with Gasteiger partial charge in [0.1, 0.15) is 24.9 Å². The van der Waals surface area contributed by atoms with E-state index in [0.717, 1.165) is 17.8 Å². The highest BCUT2D eigenvalue weighted by Gasteiger charge is 2.20. The lowest BCUT2D eigenvalue weighted by Crippen LogP contribution is -2.15. The van der Waals surface area contributed by atoms with Gasteiger partial charge in [-0.3, -0.25) is 4.57 Å². The van der Waals surface area contributed by atoms with Crippen LogP contribution in [0, 0.1) is 5.82 Å². The van der Waals surface area contributed by atoms with Crippen molar-refractivity contribution >= 4 is 11.6 Å². The van der Waals surface area contributed by atoms with Crippen molar-refractivity contribution in [1.29, 1.82) is 0 Å². The number of rotatable bonds is 3. The first-order valence-electron chi connectivity index (χ1n) is 8.10. The molecule has 25 heavy (non-hydrogen) atoms. The van der Waals surface area contributed by atoms with Crippen LogP contribution in [0.4, 0.5) is 4.39 Å². The van der Waals surface area contributed by atoms with Crippen molar-refractivity contribution in [1.82, 2.24) is 9.55 Å². The number of benzene rings is 2. The van der Waals surface area contributed by atoms with Crippen LogP contribution in [-0.2, 0) is 6.42 Å². The highest BCUT2D eigenvalue weighted by Crippen LogP contribution is 2.36. The highest BCUT2D eigenvalue weighted by atomic mass is 35.5. The fourth-order valence-electron chi connectivity index (χ4n) is 2.98. The number of halogens is 2. The molecule has 4 rings (SSSR count). The van der Waals surface area contributed by atoms with Gasteiger partial charge in [-0.2, -0.15) is 0 Å². The Morgan fingerprint density at radius 2 is 1.96 bits per heavy atom. The summed E-state index contributed by atoms with van der Waals surface area (Å²) in [4.78, 5) is 4.43. The molecular formula is C19H16ClFN2O2. The molecule has 2 aromatic carbocycles. The monoisotopic (exact) mass is 358 g/mol. The molecule has 0 N–H and O–H groups in total. The van der Waals surface area contributed by atoms with Gasteiger partial charge in [-0.05, 0) is 30.7 Å². The number of hydrogen-bond donors (Lipinski definition) is 0. The van der Waals surface area contributed by atoms with Crippen LogP contribution in [0.3, 0.4) is 0 Å². The summed E-state index contributed by atoms with van der Waals surface area (Å²) in [6.45, 7) is 3.07. The van der Waals surface area contributed by atoms with Crippen molar-refractivity contribution < 1.29 is 13.9 Å². The van der Waals surface area contributed by atoms with Gasteiger partial charge in [-0.1, -0.05) is 24.6 Å². The molecule has 0 aliphatic carbocycles. The highest BCUT2D eigenvalue weighted by molar-refractivity contribution is 6.33. The molecule has 1 aromatic heterocycles. The second-order valence-corrected chi connectivity index (χ2v) is 6.09. The van der Waals surface area contributed by atoms with Gasteiger partial charge in [-0.25, -0.2) is 9.37 Å². The molecule has 3 aromatic rings. The van der Waals surface area contributed by atoms with Crippen molar-refractivity contribution in [2.75, 3.05) is 13.2 Å². The SMILES string of the molecule is CCc1cnc(-c2c(F)cccc2Cl)n1-c1ccc2c(c1)OCCO2. The Kier molecular flexibility index (Phi) is 4.09. The molecule has 6 heteroatoms. The summed E-state index contributed by atoms with van der Waals surface area (Å²) >= 11 is 6.25. The lowest BCUT2D eigenvalue weighted by atomic mass is 10.1. The second kappa shape index (κ2) is 6.41. The maximum Gasteiger partial charge on any atom is 0.163 e. The van der Waals surface area contributed by atoms with Gasteiger partial charge in [0.05, 0.1) is 16.3 Å². The Bertz CT molecular complexity index is 919. The fraction of sp³-hybridized carbons (Fsp3) is 0.211. The number of fused-ring (bicyclic) bond motifs is 1. The molecule has 0 unspecified atom stereocenters. The molecule has 128 valence electrons. The largest absolute Gasteiger partial charge is 0.486 e. The van der Waals surface area contributed by atoms with E-state index < -0.39 is 5.82 Å². The summed E-state index contributed by atoms with van der Waals surface area (Å²) in [5.74, 6) is 1.44. The second-order valence-electron chi connectivity index (χ2n) is 5.69. The zero-order chi connectivity index (χ0) is 17.4. The summed E-state index contributed by atoms with van der Waals surface area (Å²) < 4.78 is 27.6. The predicted molar refractivity (Wildman–Crippen MR) is 94.3 cm³/mol. The molecule has 0 saturated heterocycles. The summed E-state index contributed by atoms with van der Waals surface area (Å²) in [5.41, 5.74) is 2.07. The van der Waals surface area contributed by atoms with Crippen molar-refractivity contribution in [3.8, 4) is 28.6 Å². The van der Waals surface area contributed by atoms with Gasteiger partial charge in [0.2, 0.25) is 0 Å². The molecule has 1 aliphatic rings.